The zero-order chi connectivity index (χ0) is 49.8. The Morgan fingerprint density at radius 3 is 2.09 bits per heavy atom. The van der Waals surface area contributed by atoms with E-state index in [2.05, 4.69) is 37.7 Å². The van der Waals surface area contributed by atoms with E-state index in [1.807, 2.05) is 68.4 Å². The van der Waals surface area contributed by atoms with E-state index in [4.69, 9.17) is 39.4 Å². The predicted molar refractivity (Wildman–Crippen MR) is 242 cm³/mol. The topological polar surface area (TPSA) is 337 Å². The van der Waals surface area contributed by atoms with Gasteiger partial charge in [0.1, 0.15) is 6.10 Å². The lowest BCUT2D eigenvalue weighted by Crippen LogP contribution is -2.52. The standard InChI is InChI=1S/C17H27N2O7P.C13H25NO4.C11H22N2O3.CO2.3H2/c1-10(2)18-6-4-5-12-7-13(11(3)19-17(12)21)15-8-14(20)16(26-15)9-25-27(22,23)24;1-4-7-13(9-12(17)18,14-10(2)3)8-5-6-11(15)16;1-5-6-12-10(16)8(7-9(14)15)13-11(2,3)4;2-1-3;;;/h4-5,7,10,13-16,18,20H,3,6,8-9H2,1-2H3,(H,19,21)(H2,22,23,24);10,14H,4-9H2,1-3H3,(H,15,16)(H,17,18);8,13H,5-7H2,1-4H3,(H,12,16)(H,14,15);;3*1H/b5-4+;;;;;;. The lowest BCUT2D eigenvalue weighted by Gasteiger charge is -2.35. The normalized spacial score (nSPS) is 19.9. The lowest BCUT2D eigenvalue weighted by atomic mass is 9.84. The van der Waals surface area contributed by atoms with Crippen molar-refractivity contribution in [3.05, 3.63) is 36.1 Å². The quantitative estimate of drug-likeness (QED) is 0.0617. The molecule has 2 aliphatic rings. The van der Waals surface area contributed by atoms with E-state index in [1.165, 1.54) is 0 Å². The Morgan fingerprint density at radius 1 is 1.02 bits per heavy atom. The number of phosphoric ester groups is 1. The Bertz CT molecular complexity index is 1640. The molecule has 6 atom stereocenters. The zero-order valence-electron chi connectivity index (χ0n) is 38.7. The average Bonchev–Trinajstić information content (AvgIpc) is 3.50. The molecule has 0 aliphatic carbocycles. The number of amides is 2. The van der Waals surface area contributed by atoms with Crippen LogP contribution in [0.15, 0.2) is 36.1 Å². The average molecular weight is 942 g/mol. The third-order valence-electron chi connectivity index (χ3n) is 9.01. The number of carbonyl (C=O) groups excluding carboxylic acids is 4. The van der Waals surface area contributed by atoms with Gasteiger partial charge in [-0.1, -0.05) is 72.8 Å². The number of rotatable bonds is 24. The molecule has 0 radical (unpaired) electrons. The van der Waals surface area contributed by atoms with Gasteiger partial charge in [-0.3, -0.25) is 28.5 Å². The van der Waals surface area contributed by atoms with Crippen molar-refractivity contribution in [3.8, 4) is 0 Å². The zero-order valence-corrected chi connectivity index (χ0v) is 39.6. The molecule has 0 spiro atoms. The van der Waals surface area contributed by atoms with Crippen LogP contribution in [-0.2, 0) is 47.4 Å². The van der Waals surface area contributed by atoms with Gasteiger partial charge in [-0.05, 0) is 46.5 Å². The molecule has 2 aliphatic heterocycles. The summed E-state index contributed by atoms with van der Waals surface area (Å²) in [6, 6.07) is -0.165. The minimum atomic E-state index is -4.64. The van der Waals surface area contributed by atoms with Crippen LogP contribution in [0.4, 0.5) is 0 Å². The minimum absolute atomic E-state index is 0. The molecule has 2 heterocycles. The second kappa shape index (κ2) is 31.7. The fourth-order valence-electron chi connectivity index (χ4n) is 6.67. The predicted octanol–water partition coefficient (Wildman–Crippen LogP) is 3.51. The summed E-state index contributed by atoms with van der Waals surface area (Å²) >= 11 is 0. The first-order chi connectivity index (χ1) is 29.5. The number of phosphoric acid groups is 1. The van der Waals surface area contributed by atoms with E-state index in [0.29, 0.717) is 43.2 Å². The molecule has 64 heavy (non-hydrogen) atoms. The maximum absolute atomic E-state index is 12.1. The first kappa shape index (κ1) is 61.9. The molecule has 6 unspecified atom stereocenters. The molecule has 0 saturated carbocycles. The largest absolute Gasteiger partial charge is 0.481 e. The van der Waals surface area contributed by atoms with Gasteiger partial charge in [-0.15, -0.1) is 0 Å². The van der Waals surface area contributed by atoms with Crippen molar-refractivity contribution in [1.29, 1.82) is 0 Å². The van der Waals surface area contributed by atoms with Crippen LogP contribution in [-0.4, -0.2) is 133 Å². The summed E-state index contributed by atoms with van der Waals surface area (Å²) in [5.41, 5.74) is 0.144. The Labute approximate surface area is 381 Å². The Hall–Kier alpha value is -4.14. The minimum Gasteiger partial charge on any atom is -0.481 e. The Kier molecular flexibility index (Phi) is 30.7. The van der Waals surface area contributed by atoms with Crippen molar-refractivity contribution in [2.24, 2.45) is 5.92 Å². The third kappa shape index (κ3) is 30.1. The SMILES string of the molecule is C=C1NC(=O)C(/C=C/CNC(C)C)=CC1C1CC(O)C(COP(=O)(O)O)O1.CCCC(CCCC(=O)O)(CC(=O)O)NC(C)C.CCCNC(=O)C(CC(=O)O)NC(C)(C)C.O=C=O.[HH].[HH].[HH]. The van der Waals surface area contributed by atoms with Crippen LogP contribution >= 0.6 is 7.82 Å². The van der Waals surface area contributed by atoms with Gasteiger partial charge in [-0.2, -0.15) is 9.59 Å². The molecule has 2 amide bonds. The number of nitrogens with one attached hydrogen (secondary N) is 5. The van der Waals surface area contributed by atoms with Crippen molar-refractivity contribution in [2.75, 3.05) is 19.7 Å². The van der Waals surface area contributed by atoms with E-state index < -0.39 is 62.2 Å². The first-order valence-corrected chi connectivity index (χ1v) is 22.7. The number of ether oxygens (including phenoxy) is 1. The van der Waals surface area contributed by atoms with Crippen LogP contribution in [0.3, 0.4) is 0 Å². The number of carbonyl (C=O) groups is 5. The molecule has 0 aromatic rings. The highest BCUT2D eigenvalue weighted by Gasteiger charge is 2.41. The van der Waals surface area contributed by atoms with Gasteiger partial charge in [0.25, 0.3) is 5.91 Å². The van der Waals surface area contributed by atoms with Gasteiger partial charge in [-0.25, -0.2) is 4.57 Å². The molecule has 11 N–H and O–H groups in total. The summed E-state index contributed by atoms with van der Waals surface area (Å²) in [6.07, 6.45) is 6.95. The van der Waals surface area contributed by atoms with Gasteiger partial charge < -0.3 is 61.5 Å². The number of aliphatic carboxylic acids is 3. The van der Waals surface area contributed by atoms with Crippen molar-refractivity contribution in [1.82, 2.24) is 26.6 Å². The molecule has 0 aromatic carbocycles. The van der Waals surface area contributed by atoms with E-state index >= 15 is 0 Å². The number of aliphatic hydroxyl groups is 1. The van der Waals surface area contributed by atoms with Crippen LogP contribution < -0.4 is 26.6 Å². The van der Waals surface area contributed by atoms with Gasteiger partial charge in [0.2, 0.25) is 5.91 Å². The number of carboxylic acid groups (broad SMARTS) is 3. The third-order valence-corrected chi connectivity index (χ3v) is 9.50. The summed E-state index contributed by atoms with van der Waals surface area (Å²) in [6.45, 7) is 22.3. The van der Waals surface area contributed by atoms with Crippen LogP contribution in [0, 0.1) is 5.92 Å². The molecule has 21 nitrogen and oxygen atoms in total. The van der Waals surface area contributed by atoms with Crippen LogP contribution in [0.5, 0.6) is 0 Å². The number of carboxylic acids is 3. The summed E-state index contributed by atoms with van der Waals surface area (Å²) in [7, 11) is -4.64. The second-order valence-electron chi connectivity index (χ2n) is 17.0. The van der Waals surface area contributed by atoms with Gasteiger partial charge in [0.15, 0.2) is 0 Å². The molecule has 0 bridgehead atoms. The summed E-state index contributed by atoms with van der Waals surface area (Å²) in [4.78, 5) is 89.9. The van der Waals surface area contributed by atoms with Crippen molar-refractivity contribution in [2.45, 2.75) is 168 Å². The van der Waals surface area contributed by atoms with Crippen molar-refractivity contribution >= 4 is 43.7 Å². The maximum atomic E-state index is 12.1. The van der Waals surface area contributed by atoms with Crippen molar-refractivity contribution in [3.63, 3.8) is 0 Å². The lowest BCUT2D eigenvalue weighted by molar-refractivity contribution is -0.192. The first-order valence-electron chi connectivity index (χ1n) is 21.2. The molecular formula is C42H80N5O16P. The summed E-state index contributed by atoms with van der Waals surface area (Å²) < 4.78 is 21.0. The Balaban J connectivity index is -0.000000284. The van der Waals surface area contributed by atoms with Gasteiger partial charge in [0.05, 0.1) is 37.7 Å². The number of aliphatic hydroxyl groups excluding tert-OH is 1. The molecule has 374 valence electrons. The smallest absolute Gasteiger partial charge is 0.469 e. The molecule has 1 fully saturated rings. The second-order valence-corrected chi connectivity index (χ2v) is 18.2. The Morgan fingerprint density at radius 2 is 1.62 bits per heavy atom. The molecule has 2 rings (SSSR count). The van der Waals surface area contributed by atoms with E-state index in [1.54, 1.807) is 12.2 Å². The van der Waals surface area contributed by atoms with E-state index in [-0.39, 0.29) is 65.4 Å². The van der Waals surface area contributed by atoms with Crippen LogP contribution in [0.25, 0.3) is 0 Å². The number of hydrogen-bond donors (Lipinski definition) is 11. The fraction of sp³-hybridized carbons (Fsp3) is 0.714. The highest BCUT2D eigenvalue weighted by Crippen LogP contribution is 2.38. The maximum Gasteiger partial charge on any atom is 0.469 e. The highest BCUT2D eigenvalue weighted by atomic mass is 31.2. The fourth-order valence-corrected chi connectivity index (χ4v) is 7.01. The molecule has 22 heteroatoms. The van der Waals surface area contributed by atoms with Crippen LogP contribution in [0.1, 0.15) is 124 Å². The molecule has 0 aromatic heterocycles. The van der Waals surface area contributed by atoms with Gasteiger partial charge in [0, 0.05) is 70.6 Å². The highest BCUT2D eigenvalue weighted by molar-refractivity contribution is 7.46. The van der Waals surface area contributed by atoms with E-state index in [9.17, 15) is 33.6 Å². The monoisotopic (exact) mass is 942 g/mol. The van der Waals surface area contributed by atoms with E-state index in [0.717, 1.165) is 19.3 Å². The summed E-state index contributed by atoms with van der Waals surface area (Å²) in [5.74, 6) is -3.54. The van der Waals surface area contributed by atoms with Gasteiger partial charge >= 0.3 is 31.9 Å². The summed E-state index contributed by atoms with van der Waals surface area (Å²) in [5, 5.41) is 51.5. The number of hydrogen-bond acceptors (Lipinski definition) is 14. The molecular weight excluding hydrogens is 861 g/mol. The molecule has 1 saturated heterocycles. The van der Waals surface area contributed by atoms with Crippen LogP contribution in [0.2, 0.25) is 0 Å². The van der Waals surface area contributed by atoms with Crippen molar-refractivity contribution < 1.29 is 81.9 Å².